The maximum absolute atomic E-state index is 11.8. The van der Waals surface area contributed by atoms with Crippen molar-refractivity contribution in [3.8, 4) is 5.75 Å². The fraction of sp³-hybridized carbons (Fsp3) is 0.235. The van der Waals surface area contributed by atoms with Gasteiger partial charge in [-0.1, -0.05) is 41.4 Å². The Morgan fingerprint density at radius 1 is 1.14 bits per heavy atom. The maximum atomic E-state index is 11.8. The molecule has 0 atom stereocenters. The molecule has 0 heterocycles. The van der Waals surface area contributed by atoms with E-state index in [2.05, 4.69) is 5.32 Å². The SMILES string of the molecule is Cc1cc(OCC(=O)NCc2ccccc2Cl)cc(C)c1Cl. The summed E-state index contributed by atoms with van der Waals surface area (Å²) in [6, 6.07) is 11.0. The molecule has 22 heavy (non-hydrogen) atoms. The molecule has 2 aromatic rings. The van der Waals surface area contributed by atoms with Crippen molar-refractivity contribution in [1.29, 1.82) is 0 Å². The lowest BCUT2D eigenvalue weighted by molar-refractivity contribution is -0.123. The minimum absolute atomic E-state index is 0.0506. The lowest BCUT2D eigenvalue weighted by Gasteiger charge is -2.11. The maximum Gasteiger partial charge on any atom is 0.258 e. The molecule has 3 nitrogen and oxygen atoms in total. The zero-order chi connectivity index (χ0) is 16.1. The summed E-state index contributed by atoms with van der Waals surface area (Å²) in [6.07, 6.45) is 0. The van der Waals surface area contributed by atoms with Crippen LogP contribution in [0.25, 0.3) is 0 Å². The lowest BCUT2D eigenvalue weighted by Crippen LogP contribution is -2.28. The number of ether oxygens (including phenoxy) is 1. The van der Waals surface area contributed by atoms with Crippen molar-refractivity contribution in [2.75, 3.05) is 6.61 Å². The van der Waals surface area contributed by atoms with Gasteiger partial charge >= 0.3 is 0 Å². The summed E-state index contributed by atoms with van der Waals surface area (Å²) in [5, 5.41) is 4.13. The van der Waals surface area contributed by atoms with Crippen LogP contribution in [-0.4, -0.2) is 12.5 Å². The van der Waals surface area contributed by atoms with E-state index in [0.717, 1.165) is 21.7 Å². The topological polar surface area (TPSA) is 38.3 Å². The minimum Gasteiger partial charge on any atom is -0.484 e. The van der Waals surface area contributed by atoms with Gasteiger partial charge in [-0.2, -0.15) is 0 Å². The molecule has 0 aliphatic rings. The molecule has 2 aromatic carbocycles. The van der Waals surface area contributed by atoms with Crippen molar-refractivity contribution in [2.24, 2.45) is 0 Å². The van der Waals surface area contributed by atoms with Gasteiger partial charge in [0, 0.05) is 16.6 Å². The van der Waals surface area contributed by atoms with Gasteiger partial charge in [0.1, 0.15) is 5.75 Å². The van der Waals surface area contributed by atoms with Crippen molar-refractivity contribution in [2.45, 2.75) is 20.4 Å². The first-order valence-electron chi connectivity index (χ1n) is 6.87. The molecule has 0 aliphatic heterocycles. The normalized spacial score (nSPS) is 10.4. The second kappa shape index (κ2) is 7.52. The Labute approximate surface area is 140 Å². The van der Waals surface area contributed by atoms with Gasteiger partial charge in [0.05, 0.1) is 0 Å². The number of carbonyl (C=O) groups excluding carboxylic acids is 1. The Bertz CT molecular complexity index is 663. The summed E-state index contributed by atoms with van der Waals surface area (Å²) in [4.78, 5) is 11.8. The molecule has 5 heteroatoms. The fourth-order valence-corrected chi connectivity index (χ4v) is 2.34. The molecular formula is C17H17Cl2NO2. The predicted molar refractivity (Wildman–Crippen MR) is 89.7 cm³/mol. The predicted octanol–water partition coefficient (Wildman–Crippen LogP) is 4.31. The van der Waals surface area contributed by atoms with Crippen LogP contribution in [0.15, 0.2) is 36.4 Å². The van der Waals surface area contributed by atoms with Gasteiger partial charge in [-0.15, -0.1) is 0 Å². The zero-order valence-corrected chi connectivity index (χ0v) is 14.0. The molecule has 0 unspecified atom stereocenters. The average molecular weight is 338 g/mol. The Morgan fingerprint density at radius 3 is 2.41 bits per heavy atom. The van der Waals surface area contributed by atoms with Gasteiger partial charge in [0.15, 0.2) is 6.61 Å². The average Bonchev–Trinajstić information content (AvgIpc) is 2.49. The fourth-order valence-electron chi connectivity index (χ4n) is 2.02. The van der Waals surface area contributed by atoms with Crippen LogP contribution in [0.5, 0.6) is 5.75 Å². The summed E-state index contributed by atoms with van der Waals surface area (Å²) in [6.45, 7) is 4.13. The van der Waals surface area contributed by atoms with Crippen molar-refractivity contribution in [3.05, 3.63) is 63.1 Å². The van der Waals surface area contributed by atoms with Crippen molar-refractivity contribution < 1.29 is 9.53 Å². The van der Waals surface area contributed by atoms with E-state index in [4.69, 9.17) is 27.9 Å². The molecule has 0 spiro atoms. The molecule has 0 radical (unpaired) electrons. The summed E-state index contributed by atoms with van der Waals surface area (Å²) in [7, 11) is 0. The largest absolute Gasteiger partial charge is 0.484 e. The number of carbonyl (C=O) groups is 1. The van der Waals surface area contributed by atoms with Gasteiger partial charge in [-0.05, 0) is 48.7 Å². The van der Waals surface area contributed by atoms with Crippen LogP contribution >= 0.6 is 23.2 Å². The summed E-state index contributed by atoms with van der Waals surface area (Å²) in [5.41, 5.74) is 2.72. The number of rotatable bonds is 5. The molecule has 0 saturated heterocycles. The van der Waals surface area contributed by atoms with E-state index >= 15 is 0 Å². The highest BCUT2D eigenvalue weighted by molar-refractivity contribution is 6.32. The van der Waals surface area contributed by atoms with E-state index in [-0.39, 0.29) is 12.5 Å². The summed E-state index contributed by atoms with van der Waals surface area (Å²) in [5.74, 6) is 0.428. The molecule has 116 valence electrons. The van der Waals surface area contributed by atoms with E-state index in [9.17, 15) is 4.79 Å². The molecule has 0 aliphatic carbocycles. The molecule has 0 fully saturated rings. The Morgan fingerprint density at radius 2 is 1.77 bits per heavy atom. The second-order valence-corrected chi connectivity index (χ2v) is 5.81. The zero-order valence-electron chi connectivity index (χ0n) is 12.5. The third-order valence-electron chi connectivity index (χ3n) is 3.21. The Kier molecular flexibility index (Phi) is 5.69. The highest BCUT2D eigenvalue weighted by Crippen LogP contribution is 2.25. The van der Waals surface area contributed by atoms with Crippen molar-refractivity contribution in [3.63, 3.8) is 0 Å². The molecule has 1 amide bonds. The van der Waals surface area contributed by atoms with Gasteiger partial charge in [0.2, 0.25) is 0 Å². The van der Waals surface area contributed by atoms with E-state index in [1.54, 1.807) is 6.07 Å². The Balaban J connectivity index is 1.87. The van der Waals surface area contributed by atoms with Crippen LogP contribution in [0.3, 0.4) is 0 Å². The number of aryl methyl sites for hydroxylation is 2. The molecular weight excluding hydrogens is 321 g/mol. The first-order valence-corrected chi connectivity index (χ1v) is 7.62. The van der Waals surface area contributed by atoms with Crippen LogP contribution < -0.4 is 10.1 Å². The second-order valence-electron chi connectivity index (χ2n) is 5.03. The monoisotopic (exact) mass is 337 g/mol. The highest BCUT2D eigenvalue weighted by atomic mass is 35.5. The van der Waals surface area contributed by atoms with Gasteiger partial charge in [-0.3, -0.25) is 4.79 Å². The Hall–Kier alpha value is -1.71. The highest BCUT2D eigenvalue weighted by Gasteiger charge is 2.07. The first-order chi connectivity index (χ1) is 10.5. The third kappa shape index (κ3) is 4.39. The third-order valence-corrected chi connectivity index (χ3v) is 4.18. The van der Waals surface area contributed by atoms with Crippen LogP contribution in [-0.2, 0) is 11.3 Å². The number of nitrogens with one attached hydrogen (secondary N) is 1. The van der Waals surface area contributed by atoms with E-state index in [1.807, 2.05) is 44.2 Å². The number of hydrogen-bond acceptors (Lipinski definition) is 2. The smallest absolute Gasteiger partial charge is 0.258 e. The van der Waals surface area contributed by atoms with Crippen molar-refractivity contribution >= 4 is 29.1 Å². The first kappa shape index (κ1) is 16.7. The molecule has 0 saturated carbocycles. The number of benzene rings is 2. The van der Waals surface area contributed by atoms with Crippen molar-refractivity contribution in [1.82, 2.24) is 5.32 Å². The number of halogens is 2. The van der Waals surface area contributed by atoms with Gasteiger partial charge in [0.25, 0.3) is 5.91 Å². The van der Waals surface area contributed by atoms with Crippen LogP contribution in [0, 0.1) is 13.8 Å². The quantitative estimate of drug-likeness (QED) is 0.882. The lowest BCUT2D eigenvalue weighted by atomic mass is 10.1. The number of amides is 1. The van der Waals surface area contributed by atoms with Gasteiger partial charge in [-0.25, -0.2) is 0 Å². The summed E-state index contributed by atoms with van der Waals surface area (Å²) >= 11 is 12.1. The molecule has 0 bridgehead atoms. The van der Waals surface area contributed by atoms with Crippen LogP contribution in [0.2, 0.25) is 10.0 Å². The van der Waals surface area contributed by atoms with Gasteiger partial charge < -0.3 is 10.1 Å². The van der Waals surface area contributed by atoms with E-state index < -0.39 is 0 Å². The van der Waals surface area contributed by atoms with E-state index in [1.165, 1.54) is 0 Å². The molecule has 0 aromatic heterocycles. The summed E-state index contributed by atoms with van der Waals surface area (Å²) < 4.78 is 5.50. The van der Waals surface area contributed by atoms with E-state index in [0.29, 0.717) is 17.3 Å². The molecule has 2 rings (SSSR count). The number of hydrogen-bond donors (Lipinski definition) is 1. The molecule has 1 N–H and O–H groups in total. The van der Waals surface area contributed by atoms with Crippen LogP contribution in [0.4, 0.5) is 0 Å². The van der Waals surface area contributed by atoms with Crippen LogP contribution in [0.1, 0.15) is 16.7 Å². The minimum atomic E-state index is -0.204. The standard InChI is InChI=1S/C17H17Cl2NO2/c1-11-7-14(8-12(2)17(11)19)22-10-16(21)20-9-13-5-3-4-6-15(13)18/h3-8H,9-10H2,1-2H3,(H,20,21).